The third kappa shape index (κ3) is 1.44. The van der Waals surface area contributed by atoms with Crippen molar-refractivity contribution >= 4 is 6.09 Å². The third-order valence-electron chi connectivity index (χ3n) is 2.50. The lowest BCUT2D eigenvalue weighted by Gasteiger charge is -2.08. The van der Waals surface area contributed by atoms with Crippen LogP contribution in [0.3, 0.4) is 0 Å². The second-order valence-electron chi connectivity index (χ2n) is 3.45. The highest BCUT2D eigenvalue weighted by atomic mass is 16.4. The first kappa shape index (κ1) is 9.02. The first-order chi connectivity index (χ1) is 6.70. The summed E-state index contributed by atoms with van der Waals surface area (Å²) in [4.78, 5) is 12.1. The van der Waals surface area contributed by atoms with Crippen molar-refractivity contribution in [3.05, 3.63) is 34.9 Å². The number of fused-ring (bicyclic) bond motifs is 1. The molecule has 1 aromatic carbocycles. The van der Waals surface area contributed by atoms with Gasteiger partial charge in [-0.1, -0.05) is 18.2 Å². The van der Waals surface area contributed by atoms with Crippen molar-refractivity contribution in [2.75, 3.05) is 0 Å². The van der Waals surface area contributed by atoms with Crippen molar-refractivity contribution in [3.63, 3.8) is 0 Å². The molecule has 3 N–H and O–H groups in total. The molecule has 1 heterocycles. The Kier molecular flexibility index (Phi) is 2.13. The van der Waals surface area contributed by atoms with Gasteiger partial charge in [0.15, 0.2) is 0 Å². The minimum absolute atomic E-state index is 0.485. The second-order valence-corrected chi connectivity index (χ2v) is 3.45. The van der Waals surface area contributed by atoms with Crippen molar-refractivity contribution in [1.82, 2.24) is 4.90 Å². The molecule has 0 bridgehead atoms. The molecule has 14 heavy (non-hydrogen) atoms. The summed E-state index contributed by atoms with van der Waals surface area (Å²) in [6.45, 7) is 1.48. The molecule has 0 aliphatic carbocycles. The first-order valence-electron chi connectivity index (χ1n) is 4.49. The standard InChI is InChI=1S/C10H12N2O2/c11-4-7-1-2-8-5-12(10(13)14)6-9(8)3-7/h1-3H,4-6,11H2,(H,13,14). The lowest BCUT2D eigenvalue weighted by Crippen LogP contribution is -2.22. The van der Waals surface area contributed by atoms with Crippen LogP contribution < -0.4 is 5.73 Å². The predicted octanol–water partition coefficient (Wildman–Crippen LogP) is 1.14. The van der Waals surface area contributed by atoms with Crippen LogP contribution in [0.4, 0.5) is 4.79 Å². The fourth-order valence-electron chi connectivity index (χ4n) is 1.71. The maximum Gasteiger partial charge on any atom is 0.407 e. The van der Waals surface area contributed by atoms with E-state index in [0.29, 0.717) is 19.6 Å². The Morgan fingerprint density at radius 1 is 1.43 bits per heavy atom. The molecule has 0 fully saturated rings. The molecule has 1 aromatic rings. The summed E-state index contributed by atoms with van der Waals surface area (Å²) in [5.74, 6) is 0. The molecule has 0 unspecified atom stereocenters. The van der Waals surface area contributed by atoms with Crippen molar-refractivity contribution in [2.45, 2.75) is 19.6 Å². The van der Waals surface area contributed by atoms with E-state index >= 15 is 0 Å². The lowest BCUT2D eigenvalue weighted by atomic mass is 10.1. The molecule has 1 aliphatic rings. The van der Waals surface area contributed by atoms with Gasteiger partial charge in [-0.3, -0.25) is 4.90 Å². The first-order valence-corrected chi connectivity index (χ1v) is 4.49. The maximum absolute atomic E-state index is 10.7. The highest BCUT2D eigenvalue weighted by Gasteiger charge is 2.22. The zero-order chi connectivity index (χ0) is 10.1. The summed E-state index contributed by atoms with van der Waals surface area (Å²) in [7, 11) is 0. The summed E-state index contributed by atoms with van der Waals surface area (Å²) < 4.78 is 0. The van der Waals surface area contributed by atoms with Crippen LogP contribution in [0.25, 0.3) is 0 Å². The number of hydrogen-bond acceptors (Lipinski definition) is 2. The predicted molar refractivity (Wildman–Crippen MR) is 51.6 cm³/mol. The van der Waals surface area contributed by atoms with Gasteiger partial charge in [0, 0.05) is 19.6 Å². The molecule has 0 atom stereocenters. The number of nitrogens with two attached hydrogens (primary N) is 1. The average molecular weight is 192 g/mol. The molecule has 0 aromatic heterocycles. The quantitative estimate of drug-likeness (QED) is 0.701. The van der Waals surface area contributed by atoms with Gasteiger partial charge in [0.25, 0.3) is 0 Å². The van der Waals surface area contributed by atoms with Crippen molar-refractivity contribution in [2.24, 2.45) is 5.73 Å². The van der Waals surface area contributed by atoms with Gasteiger partial charge in [-0.2, -0.15) is 0 Å². The minimum atomic E-state index is -0.865. The van der Waals surface area contributed by atoms with E-state index in [1.165, 1.54) is 4.90 Å². The van der Waals surface area contributed by atoms with Gasteiger partial charge >= 0.3 is 6.09 Å². The molecule has 0 saturated heterocycles. The van der Waals surface area contributed by atoms with E-state index in [4.69, 9.17) is 10.8 Å². The van der Waals surface area contributed by atoms with Crippen LogP contribution in [0, 0.1) is 0 Å². The van der Waals surface area contributed by atoms with Gasteiger partial charge in [0.05, 0.1) is 0 Å². The van der Waals surface area contributed by atoms with E-state index in [1.54, 1.807) is 0 Å². The Hall–Kier alpha value is -1.55. The van der Waals surface area contributed by atoms with Crippen LogP contribution in [0.5, 0.6) is 0 Å². The monoisotopic (exact) mass is 192 g/mol. The largest absolute Gasteiger partial charge is 0.465 e. The molecular weight excluding hydrogens is 180 g/mol. The van der Waals surface area contributed by atoms with E-state index in [2.05, 4.69) is 0 Å². The molecule has 2 rings (SSSR count). The average Bonchev–Trinajstić information content (AvgIpc) is 2.59. The molecule has 74 valence electrons. The molecule has 4 nitrogen and oxygen atoms in total. The maximum atomic E-state index is 10.7. The highest BCUT2D eigenvalue weighted by molar-refractivity contribution is 5.66. The number of benzene rings is 1. The van der Waals surface area contributed by atoms with Crippen molar-refractivity contribution < 1.29 is 9.90 Å². The molecule has 0 radical (unpaired) electrons. The topological polar surface area (TPSA) is 66.6 Å². The summed E-state index contributed by atoms with van der Waals surface area (Å²) in [6, 6.07) is 5.89. The normalized spacial score (nSPS) is 14.2. The van der Waals surface area contributed by atoms with Crippen LogP contribution in [0.2, 0.25) is 0 Å². The Labute approximate surface area is 81.9 Å². The van der Waals surface area contributed by atoms with E-state index in [1.807, 2.05) is 18.2 Å². The van der Waals surface area contributed by atoms with Crippen LogP contribution >= 0.6 is 0 Å². The molecule has 1 amide bonds. The SMILES string of the molecule is NCc1ccc2c(c1)CN(C(=O)O)C2. The number of rotatable bonds is 1. The Balaban J connectivity index is 2.27. The van der Waals surface area contributed by atoms with Gasteiger partial charge in [0.1, 0.15) is 0 Å². The van der Waals surface area contributed by atoms with Crippen molar-refractivity contribution in [1.29, 1.82) is 0 Å². The third-order valence-corrected chi connectivity index (χ3v) is 2.50. The summed E-state index contributed by atoms with van der Waals surface area (Å²) in [5.41, 5.74) is 8.73. The smallest absolute Gasteiger partial charge is 0.407 e. The molecule has 1 aliphatic heterocycles. The number of carbonyl (C=O) groups is 1. The second kappa shape index (κ2) is 3.31. The van der Waals surface area contributed by atoms with Crippen LogP contribution in [0.15, 0.2) is 18.2 Å². The van der Waals surface area contributed by atoms with E-state index < -0.39 is 6.09 Å². The fourth-order valence-corrected chi connectivity index (χ4v) is 1.71. The summed E-state index contributed by atoms with van der Waals surface area (Å²) >= 11 is 0. The van der Waals surface area contributed by atoms with Crippen LogP contribution in [0.1, 0.15) is 16.7 Å². The highest BCUT2D eigenvalue weighted by Crippen LogP contribution is 2.23. The van der Waals surface area contributed by atoms with Gasteiger partial charge in [-0.25, -0.2) is 4.79 Å². The van der Waals surface area contributed by atoms with Gasteiger partial charge in [0.2, 0.25) is 0 Å². The number of carboxylic acid groups (broad SMARTS) is 1. The number of hydrogen-bond donors (Lipinski definition) is 2. The fraction of sp³-hybridized carbons (Fsp3) is 0.300. The van der Waals surface area contributed by atoms with Crippen LogP contribution in [-0.2, 0) is 19.6 Å². The zero-order valence-corrected chi connectivity index (χ0v) is 7.73. The van der Waals surface area contributed by atoms with Gasteiger partial charge < -0.3 is 10.8 Å². The van der Waals surface area contributed by atoms with Crippen molar-refractivity contribution in [3.8, 4) is 0 Å². The number of nitrogens with zero attached hydrogens (tertiary/aromatic N) is 1. The Morgan fingerprint density at radius 2 is 2.14 bits per heavy atom. The van der Waals surface area contributed by atoms with Gasteiger partial charge in [-0.15, -0.1) is 0 Å². The number of amides is 1. The molecule has 0 spiro atoms. The van der Waals surface area contributed by atoms with E-state index in [0.717, 1.165) is 16.7 Å². The lowest BCUT2D eigenvalue weighted by molar-refractivity contribution is 0.145. The molecule has 4 heteroatoms. The zero-order valence-electron chi connectivity index (χ0n) is 7.73. The minimum Gasteiger partial charge on any atom is -0.465 e. The Morgan fingerprint density at radius 3 is 2.79 bits per heavy atom. The summed E-state index contributed by atoms with van der Waals surface area (Å²) in [6.07, 6.45) is -0.865. The van der Waals surface area contributed by atoms with E-state index in [9.17, 15) is 4.79 Å². The molecule has 0 saturated carbocycles. The molecular formula is C10H12N2O2. The van der Waals surface area contributed by atoms with Gasteiger partial charge in [-0.05, 0) is 16.7 Å². The Bertz CT molecular complexity index is 376. The summed E-state index contributed by atoms with van der Waals surface area (Å²) in [5, 5.41) is 8.81. The van der Waals surface area contributed by atoms with Crippen LogP contribution in [-0.4, -0.2) is 16.1 Å². The van der Waals surface area contributed by atoms with E-state index in [-0.39, 0.29) is 0 Å².